The normalized spacial score (nSPS) is 19.0. The van der Waals surface area contributed by atoms with Gasteiger partial charge in [0, 0.05) is 18.9 Å². The van der Waals surface area contributed by atoms with Crippen molar-refractivity contribution >= 4 is 29.1 Å². The molecular weight excluding hydrogens is 272 g/mol. The molecule has 1 unspecified atom stereocenters. The third-order valence-electron chi connectivity index (χ3n) is 3.41. The summed E-state index contributed by atoms with van der Waals surface area (Å²) in [5, 5.41) is 5.45. The maximum Gasteiger partial charge on any atom is 0.249 e. The number of hydrogen-bond acceptors (Lipinski definition) is 6. The molecule has 2 amide bonds. The fourth-order valence-corrected chi connectivity index (χ4v) is 2.35. The maximum absolute atomic E-state index is 11.8. The van der Waals surface area contributed by atoms with Gasteiger partial charge in [-0.15, -0.1) is 0 Å². The molecule has 0 aromatic carbocycles. The minimum atomic E-state index is -0.479. The number of amides is 2. The number of piperazine rings is 1. The lowest BCUT2D eigenvalue weighted by Gasteiger charge is -2.32. The van der Waals surface area contributed by atoms with Crippen LogP contribution < -0.4 is 15.5 Å². The lowest BCUT2D eigenvalue weighted by molar-refractivity contribution is -0.132. The molecule has 110 valence electrons. The second-order valence-electron chi connectivity index (χ2n) is 4.85. The van der Waals surface area contributed by atoms with E-state index in [-0.39, 0.29) is 18.4 Å². The lowest BCUT2D eigenvalue weighted by Crippen LogP contribution is -2.57. The summed E-state index contributed by atoms with van der Waals surface area (Å²) >= 11 is 0. The van der Waals surface area contributed by atoms with Gasteiger partial charge in [-0.25, -0.2) is 9.97 Å². The Hall–Kier alpha value is -2.64. The molecule has 1 atom stereocenters. The van der Waals surface area contributed by atoms with Gasteiger partial charge in [-0.1, -0.05) is 0 Å². The first-order valence-electron chi connectivity index (χ1n) is 6.78. The van der Waals surface area contributed by atoms with Gasteiger partial charge in [-0.2, -0.15) is 0 Å². The van der Waals surface area contributed by atoms with Crippen LogP contribution in [0.15, 0.2) is 18.6 Å². The summed E-state index contributed by atoms with van der Waals surface area (Å²) in [5.74, 6) is 0.530. The molecule has 1 fully saturated rings. The standard InChI is InChI=1S/C13H16N6O2/c1-3-14-9-6-18-5-4-15-11(18)12(16-9)19-7-10(20)17-13(21)8(19)2/h4-6,8,14H,3,7H2,1-2H3,(H,17,20,21). The van der Waals surface area contributed by atoms with Crippen LogP contribution in [0.1, 0.15) is 13.8 Å². The molecule has 3 rings (SSSR count). The highest BCUT2D eigenvalue weighted by atomic mass is 16.2. The second-order valence-corrected chi connectivity index (χ2v) is 4.85. The number of rotatable bonds is 3. The molecule has 8 heteroatoms. The fourth-order valence-electron chi connectivity index (χ4n) is 2.35. The topological polar surface area (TPSA) is 91.6 Å². The Morgan fingerprint density at radius 3 is 3.05 bits per heavy atom. The number of nitrogens with one attached hydrogen (secondary N) is 2. The maximum atomic E-state index is 11.8. The van der Waals surface area contributed by atoms with E-state index in [0.29, 0.717) is 17.3 Å². The second kappa shape index (κ2) is 5.04. The number of anilines is 2. The Labute approximate surface area is 121 Å². The van der Waals surface area contributed by atoms with Crippen LogP contribution >= 0.6 is 0 Å². The average molecular weight is 288 g/mol. The Morgan fingerprint density at radius 2 is 2.29 bits per heavy atom. The van der Waals surface area contributed by atoms with Gasteiger partial charge in [0.1, 0.15) is 11.9 Å². The number of aromatic nitrogens is 3. The number of imidazole rings is 1. The highest BCUT2D eigenvalue weighted by molar-refractivity contribution is 6.04. The number of fused-ring (bicyclic) bond motifs is 1. The van der Waals surface area contributed by atoms with Gasteiger partial charge in [-0.3, -0.25) is 14.9 Å². The number of imide groups is 1. The molecule has 0 spiro atoms. The molecule has 0 aliphatic carbocycles. The van der Waals surface area contributed by atoms with E-state index in [4.69, 9.17) is 0 Å². The molecule has 0 radical (unpaired) electrons. The quantitative estimate of drug-likeness (QED) is 0.773. The summed E-state index contributed by atoms with van der Waals surface area (Å²) in [6.45, 7) is 4.52. The zero-order valence-electron chi connectivity index (χ0n) is 11.8. The molecule has 2 N–H and O–H groups in total. The SMILES string of the molecule is CCNc1cn2ccnc2c(N2CC(=O)NC(=O)C2C)n1. The van der Waals surface area contributed by atoms with E-state index >= 15 is 0 Å². The summed E-state index contributed by atoms with van der Waals surface area (Å²) in [6.07, 6.45) is 5.29. The van der Waals surface area contributed by atoms with Gasteiger partial charge in [-0.05, 0) is 13.8 Å². The highest BCUT2D eigenvalue weighted by Crippen LogP contribution is 2.23. The van der Waals surface area contributed by atoms with Gasteiger partial charge < -0.3 is 14.6 Å². The van der Waals surface area contributed by atoms with Crippen molar-refractivity contribution in [2.24, 2.45) is 0 Å². The van der Waals surface area contributed by atoms with Crippen molar-refractivity contribution < 1.29 is 9.59 Å². The molecule has 1 aliphatic heterocycles. The van der Waals surface area contributed by atoms with Crippen LogP contribution in [-0.2, 0) is 9.59 Å². The van der Waals surface area contributed by atoms with Crippen molar-refractivity contribution in [1.82, 2.24) is 19.7 Å². The smallest absolute Gasteiger partial charge is 0.249 e. The molecule has 1 aliphatic rings. The van der Waals surface area contributed by atoms with Crippen molar-refractivity contribution in [2.45, 2.75) is 19.9 Å². The zero-order chi connectivity index (χ0) is 15.0. The Balaban J connectivity index is 2.11. The molecule has 3 heterocycles. The van der Waals surface area contributed by atoms with Gasteiger partial charge >= 0.3 is 0 Å². The monoisotopic (exact) mass is 288 g/mol. The fraction of sp³-hybridized carbons (Fsp3) is 0.385. The summed E-state index contributed by atoms with van der Waals surface area (Å²) < 4.78 is 1.82. The van der Waals surface area contributed by atoms with E-state index in [1.165, 1.54) is 0 Å². The van der Waals surface area contributed by atoms with Gasteiger partial charge in [0.25, 0.3) is 0 Å². The first kappa shape index (κ1) is 13.3. The van der Waals surface area contributed by atoms with E-state index in [1.54, 1.807) is 24.2 Å². The third-order valence-corrected chi connectivity index (χ3v) is 3.41. The van der Waals surface area contributed by atoms with Crippen LogP contribution in [-0.4, -0.2) is 45.3 Å². The van der Waals surface area contributed by atoms with Crippen LogP contribution in [0.2, 0.25) is 0 Å². The highest BCUT2D eigenvalue weighted by Gasteiger charge is 2.32. The Morgan fingerprint density at radius 1 is 1.48 bits per heavy atom. The number of hydrogen-bond donors (Lipinski definition) is 2. The van der Waals surface area contributed by atoms with E-state index in [2.05, 4.69) is 20.6 Å². The minimum absolute atomic E-state index is 0.0814. The molecule has 2 aromatic heterocycles. The largest absolute Gasteiger partial charge is 0.369 e. The predicted molar refractivity (Wildman–Crippen MR) is 77.1 cm³/mol. The van der Waals surface area contributed by atoms with Crippen LogP contribution in [0.25, 0.3) is 5.65 Å². The van der Waals surface area contributed by atoms with E-state index in [9.17, 15) is 9.59 Å². The van der Waals surface area contributed by atoms with E-state index < -0.39 is 6.04 Å². The zero-order valence-corrected chi connectivity index (χ0v) is 11.8. The van der Waals surface area contributed by atoms with Crippen LogP contribution in [0.4, 0.5) is 11.6 Å². The first-order chi connectivity index (χ1) is 10.1. The van der Waals surface area contributed by atoms with Crippen molar-refractivity contribution in [3.05, 3.63) is 18.6 Å². The lowest BCUT2D eigenvalue weighted by atomic mass is 10.2. The average Bonchev–Trinajstić information content (AvgIpc) is 2.90. The van der Waals surface area contributed by atoms with E-state index in [0.717, 1.165) is 6.54 Å². The molecule has 2 aromatic rings. The first-order valence-corrected chi connectivity index (χ1v) is 6.78. The van der Waals surface area contributed by atoms with Crippen molar-refractivity contribution in [3.63, 3.8) is 0 Å². The summed E-state index contributed by atoms with van der Waals surface area (Å²) in [7, 11) is 0. The molecule has 0 saturated carbocycles. The number of carbonyl (C=O) groups is 2. The van der Waals surface area contributed by atoms with Crippen LogP contribution in [0.3, 0.4) is 0 Å². The molecule has 1 saturated heterocycles. The van der Waals surface area contributed by atoms with Crippen molar-refractivity contribution in [1.29, 1.82) is 0 Å². The summed E-state index contributed by atoms with van der Waals surface area (Å²) in [6, 6.07) is -0.479. The van der Waals surface area contributed by atoms with Crippen LogP contribution in [0.5, 0.6) is 0 Å². The van der Waals surface area contributed by atoms with Crippen molar-refractivity contribution in [2.75, 3.05) is 23.3 Å². The van der Waals surface area contributed by atoms with Gasteiger partial charge in [0.15, 0.2) is 11.5 Å². The number of nitrogens with zero attached hydrogens (tertiary/aromatic N) is 4. The van der Waals surface area contributed by atoms with E-state index in [1.807, 2.05) is 17.5 Å². The third kappa shape index (κ3) is 2.28. The number of carbonyl (C=O) groups excluding carboxylic acids is 2. The molecule has 0 bridgehead atoms. The molecule has 21 heavy (non-hydrogen) atoms. The summed E-state index contributed by atoms with van der Waals surface area (Å²) in [4.78, 5) is 33.9. The Kier molecular flexibility index (Phi) is 3.20. The predicted octanol–water partition coefficient (Wildman–Crippen LogP) is 0.0124. The van der Waals surface area contributed by atoms with Gasteiger partial charge in [0.05, 0.1) is 12.7 Å². The van der Waals surface area contributed by atoms with Crippen molar-refractivity contribution in [3.8, 4) is 0 Å². The Bertz CT molecular complexity index is 710. The molecular formula is C13H16N6O2. The summed E-state index contributed by atoms with van der Waals surface area (Å²) in [5.41, 5.74) is 0.617. The van der Waals surface area contributed by atoms with Gasteiger partial charge in [0.2, 0.25) is 11.8 Å². The molecule has 8 nitrogen and oxygen atoms in total. The van der Waals surface area contributed by atoms with Crippen LogP contribution in [0, 0.1) is 0 Å². The minimum Gasteiger partial charge on any atom is -0.369 e.